The topological polar surface area (TPSA) is 66.8 Å². The average molecular weight is 211 g/mol. The number of rotatable bonds is 2. The highest BCUT2D eigenvalue weighted by molar-refractivity contribution is 5.94. The Morgan fingerprint density at radius 1 is 1.20 bits per heavy atom. The van der Waals surface area contributed by atoms with Gasteiger partial charge in [-0.15, -0.1) is 0 Å². The van der Waals surface area contributed by atoms with Crippen LogP contribution in [0.4, 0.5) is 0 Å². The summed E-state index contributed by atoms with van der Waals surface area (Å²) in [6, 6.07) is 0. The van der Waals surface area contributed by atoms with Crippen molar-refractivity contribution in [3.05, 3.63) is 12.2 Å². The van der Waals surface area contributed by atoms with Crippen LogP contribution < -0.4 is 0 Å². The third-order valence-electron chi connectivity index (χ3n) is 2.92. The van der Waals surface area contributed by atoms with Gasteiger partial charge in [-0.3, -0.25) is 4.79 Å². The predicted molar refractivity (Wildman–Crippen MR) is 51.2 cm³/mol. The maximum atomic E-state index is 11.5. The first-order valence-corrected chi connectivity index (χ1v) is 4.94. The number of carbonyl (C=O) groups is 2. The van der Waals surface area contributed by atoms with E-state index in [0.717, 1.165) is 25.4 Å². The minimum absolute atomic E-state index is 0.216. The lowest BCUT2D eigenvalue weighted by Gasteiger charge is -2.14. The van der Waals surface area contributed by atoms with Gasteiger partial charge in [-0.25, -0.2) is 4.79 Å². The van der Waals surface area contributed by atoms with Crippen molar-refractivity contribution in [1.82, 2.24) is 4.90 Å². The molecule has 0 spiro atoms. The fourth-order valence-electron chi connectivity index (χ4n) is 2.12. The summed E-state index contributed by atoms with van der Waals surface area (Å²) in [6.07, 6.45) is 2.00. The van der Waals surface area contributed by atoms with Crippen LogP contribution in [0, 0.1) is 11.8 Å². The Morgan fingerprint density at radius 2 is 1.80 bits per heavy atom. The predicted octanol–water partition coefficient (Wildman–Crippen LogP) is -0.268. The minimum atomic E-state index is -1.09. The Labute approximate surface area is 87.3 Å². The summed E-state index contributed by atoms with van der Waals surface area (Å²) in [4.78, 5) is 23.4. The van der Waals surface area contributed by atoms with Crippen LogP contribution in [0.3, 0.4) is 0 Å². The van der Waals surface area contributed by atoms with E-state index in [0.29, 0.717) is 24.9 Å². The molecule has 0 saturated carbocycles. The standard InChI is InChI=1S/C10H13NO4/c12-9(1-2-10(13)14)11-3-7-5-15-6-8(7)4-11/h1-2,7-8H,3-6H2,(H,13,14)/b2-1+/t7-,8-/m1/s1. The molecule has 15 heavy (non-hydrogen) atoms. The zero-order valence-electron chi connectivity index (χ0n) is 8.26. The quantitative estimate of drug-likeness (QED) is 0.638. The molecule has 0 aromatic heterocycles. The number of likely N-dealkylation sites (tertiary alicyclic amines) is 1. The highest BCUT2D eigenvalue weighted by Gasteiger charge is 2.38. The smallest absolute Gasteiger partial charge is 0.328 e. The van der Waals surface area contributed by atoms with Crippen LogP contribution in [0.1, 0.15) is 0 Å². The van der Waals surface area contributed by atoms with E-state index in [-0.39, 0.29) is 5.91 Å². The molecule has 2 fully saturated rings. The van der Waals surface area contributed by atoms with Crippen molar-refractivity contribution in [2.45, 2.75) is 0 Å². The molecule has 2 aliphatic heterocycles. The Morgan fingerprint density at radius 3 is 2.33 bits per heavy atom. The van der Waals surface area contributed by atoms with Crippen LogP contribution in [0.25, 0.3) is 0 Å². The second kappa shape index (κ2) is 4.02. The molecule has 2 saturated heterocycles. The molecule has 0 bridgehead atoms. The van der Waals surface area contributed by atoms with Crippen molar-refractivity contribution in [3.8, 4) is 0 Å². The molecular weight excluding hydrogens is 198 g/mol. The molecule has 2 aliphatic rings. The summed E-state index contributed by atoms with van der Waals surface area (Å²) < 4.78 is 5.29. The van der Waals surface area contributed by atoms with Gasteiger partial charge in [-0.2, -0.15) is 0 Å². The zero-order chi connectivity index (χ0) is 10.8. The van der Waals surface area contributed by atoms with Crippen LogP contribution in [0.2, 0.25) is 0 Å². The van der Waals surface area contributed by atoms with Crippen LogP contribution >= 0.6 is 0 Å². The Hall–Kier alpha value is -1.36. The molecular formula is C10H13NO4. The van der Waals surface area contributed by atoms with Crippen LogP contribution in [0.15, 0.2) is 12.2 Å². The maximum absolute atomic E-state index is 11.5. The number of hydrogen-bond donors (Lipinski definition) is 1. The Bertz CT molecular complexity index is 301. The minimum Gasteiger partial charge on any atom is -0.478 e. The summed E-state index contributed by atoms with van der Waals surface area (Å²) in [5, 5.41) is 8.39. The normalized spacial score (nSPS) is 29.7. The van der Waals surface area contributed by atoms with Crippen molar-refractivity contribution in [2.24, 2.45) is 11.8 Å². The zero-order valence-corrected chi connectivity index (χ0v) is 8.26. The van der Waals surface area contributed by atoms with Gasteiger partial charge in [0.05, 0.1) is 13.2 Å². The van der Waals surface area contributed by atoms with E-state index in [2.05, 4.69) is 0 Å². The summed E-state index contributed by atoms with van der Waals surface area (Å²) in [5.41, 5.74) is 0. The molecule has 0 aliphatic carbocycles. The first-order chi connectivity index (χ1) is 7.16. The lowest BCUT2D eigenvalue weighted by atomic mass is 10.0. The molecule has 2 heterocycles. The number of nitrogens with zero attached hydrogens (tertiary/aromatic N) is 1. The van der Waals surface area contributed by atoms with Crippen molar-refractivity contribution in [2.75, 3.05) is 26.3 Å². The molecule has 2 atom stereocenters. The number of amides is 1. The van der Waals surface area contributed by atoms with Gasteiger partial charge in [-0.1, -0.05) is 0 Å². The molecule has 0 unspecified atom stereocenters. The van der Waals surface area contributed by atoms with Gasteiger partial charge in [0.2, 0.25) is 5.91 Å². The number of carboxylic acids is 1. The van der Waals surface area contributed by atoms with Crippen molar-refractivity contribution in [1.29, 1.82) is 0 Å². The maximum Gasteiger partial charge on any atom is 0.328 e. The summed E-state index contributed by atoms with van der Waals surface area (Å²) in [7, 11) is 0. The second-order valence-electron chi connectivity index (χ2n) is 3.97. The third-order valence-corrected chi connectivity index (χ3v) is 2.92. The first kappa shape index (κ1) is 10.2. The van der Waals surface area contributed by atoms with E-state index >= 15 is 0 Å². The largest absolute Gasteiger partial charge is 0.478 e. The molecule has 5 heteroatoms. The van der Waals surface area contributed by atoms with Gasteiger partial charge in [0.1, 0.15) is 0 Å². The molecule has 1 amide bonds. The van der Waals surface area contributed by atoms with Crippen LogP contribution in [-0.4, -0.2) is 48.2 Å². The highest BCUT2D eigenvalue weighted by Crippen LogP contribution is 2.28. The number of ether oxygens (including phenoxy) is 1. The lowest BCUT2D eigenvalue weighted by molar-refractivity contribution is -0.132. The fraction of sp³-hybridized carbons (Fsp3) is 0.600. The van der Waals surface area contributed by atoms with E-state index in [9.17, 15) is 9.59 Å². The molecule has 1 N–H and O–H groups in total. The van der Waals surface area contributed by atoms with Gasteiger partial charge in [-0.05, 0) is 0 Å². The number of carbonyl (C=O) groups excluding carboxylic acids is 1. The van der Waals surface area contributed by atoms with E-state index in [1.807, 2.05) is 0 Å². The van der Waals surface area contributed by atoms with Gasteiger partial charge in [0.25, 0.3) is 0 Å². The number of fused-ring (bicyclic) bond motifs is 1. The number of hydrogen-bond acceptors (Lipinski definition) is 3. The molecule has 0 aromatic rings. The van der Waals surface area contributed by atoms with Gasteiger partial charge in [0, 0.05) is 37.1 Å². The number of carboxylic acid groups (broad SMARTS) is 1. The molecule has 82 valence electrons. The Kier molecular flexibility index (Phi) is 2.73. The summed E-state index contributed by atoms with van der Waals surface area (Å²) in [5.74, 6) is -0.433. The van der Waals surface area contributed by atoms with Crippen molar-refractivity contribution in [3.63, 3.8) is 0 Å². The lowest BCUT2D eigenvalue weighted by Crippen LogP contribution is -2.28. The molecule has 5 nitrogen and oxygen atoms in total. The van der Waals surface area contributed by atoms with E-state index in [1.165, 1.54) is 0 Å². The van der Waals surface area contributed by atoms with Gasteiger partial charge in [0.15, 0.2) is 0 Å². The van der Waals surface area contributed by atoms with E-state index in [1.54, 1.807) is 4.90 Å². The fourth-order valence-corrected chi connectivity index (χ4v) is 2.12. The molecule has 0 aromatic carbocycles. The monoisotopic (exact) mass is 211 g/mol. The highest BCUT2D eigenvalue weighted by atomic mass is 16.5. The van der Waals surface area contributed by atoms with E-state index in [4.69, 9.17) is 9.84 Å². The second-order valence-corrected chi connectivity index (χ2v) is 3.97. The SMILES string of the molecule is O=C(O)/C=C/C(=O)N1C[C@@H]2COC[C@H]2C1. The van der Waals surface area contributed by atoms with Crippen LogP contribution in [-0.2, 0) is 14.3 Å². The molecule has 2 rings (SSSR count). The Balaban J connectivity index is 1.91. The summed E-state index contributed by atoms with van der Waals surface area (Å²) in [6.45, 7) is 2.81. The van der Waals surface area contributed by atoms with Gasteiger partial charge >= 0.3 is 5.97 Å². The van der Waals surface area contributed by atoms with Crippen LogP contribution in [0.5, 0.6) is 0 Å². The summed E-state index contributed by atoms with van der Waals surface area (Å²) >= 11 is 0. The first-order valence-electron chi connectivity index (χ1n) is 4.94. The van der Waals surface area contributed by atoms with Crippen molar-refractivity contribution >= 4 is 11.9 Å². The van der Waals surface area contributed by atoms with Gasteiger partial charge < -0.3 is 14.7 Å². The molecule has 0 radical (unpaired) electrons. The average Bonchev–Trinajstić information content (AvgIpc) is 2.72. The third kappa shape index (κ3) is 2.18. The van der Waals surface area contributed by atoms with E-state index < -0.39 is 5.97 Å². The number of aliphatic carboxylic acids is 1. The van der Waals surface area contributed by atoms with Crippen molar-refractivity contribution < 1.29 is 19.4 Å².